The minimum absolute atomic E-state index is 0.152. The van der Waals surface area contributed by atoms with Crippen LogP contribution >= 0.6 is 0 Å². The molecule has 0 N–H and O–H groups in total. The maximum atomic E-state index is 12.6. The molecule has 1 amide bonds. The number of aromatic nitrogens is 4. The number of hydrogen-bond acceptors (Lipinski definition) is 7. The van der Waals surface area contributed by atoms with Gasteiger partial charge in [-0.1, -0.05) is 31.5 Å². The lowest BCUT2D eigenvalue weighted by Gasteiger charge is -2.38. The van der Waals surface area contributed by atoms with E-state index in [2.05, 4.69) is 44.4 Å². The second kappa shape index (κ2) is 10.0. The number of hydrogen-bond donors (Lipinski definition) is 0. The highest BCUT2D eigenvalue weighted by atomic mass is 16.3. The monoisotopic (exact) mass is 451 g/mol. The molecular formula is C24H33N7O2. The zero-order chi connectivity index (χ0) is 22.6. The van der Waals surface area contributed by atoms with Crippen LogP contribution < -0.4 is 0 Å². The Hall–Kier alpha value is -2.78. The van der Waals surface area contributed by atoms with Gasteiger partial charge >= 0.3 is 0 Å². The number of nitrogens with zero attached hydrogens (tertiary/aromatic N) is 7. The van der Waals surface area contributed by atoms with Crippen molar-refractivity contribution in [1.29, 1.82) is 0 Å². The molecule has 0 bridgehead atoms. The second-order valence-electron chi connectivity index (χ2n) is 9.10. The van der Waals surface area contributed by atoms with E-state index in [4.69, 9.17) is 4.42 Å². The minimum atomic E-state index is -0.152. The number of benzene rings is 1. The Morgan fingerprint density at radius 1 is 1.09 bits per heavy atom. The molecule has 9 nitrogen and oxygen atoms in total. The van der Waals surface area contributed by atoms with Crippen molar-refractivity contribution < 1.29 is 9.21 Å². The Balaban J connectivity index is 1.35. The van der Waals surface area contributed by atoms with Crippen molar-refractivity contribution in [2.75, 3.05) is 45.8 Å². The van der Waals surface area contributed by atoms with E-state index in [0.717, 1.165) is 94.1 Å². The molecule has 1 unspecified atom stereocenters. The predicted octanol–water partition coefficient (Wildman–Crippen LogP) is 2.55. The van der Waals surface area contributed by atoms with Gasteiger partial charge < -0.3 is 9.32 Å². The van der Waals surface area contributed by atoms with Crippen LogP contribution in [-0.2, 0) is 11.3 Å². The number of tetrazole rings is 1. The molecule has 176 valence electrons. The zero-order valence-corrected chi connectivity index (χ0v) is 19.4. The van der Waals surface area contributed by atoms with E-state index in [1.54, 1.807) is 0 Å². The molecule has 3 aromatic rings. The first-order valence-corrected chi connectivity index (χ1v) is 12.2. The Labute approximate surface area is 194 Å². The summed E-state index contributed by atoms with van der Waals surface area (Å²) in [7, 11) is 0. The molecule has 0 radical (unpaired) electrons. The number of fused-ring (bicyclic) bond motifs is 1. The van der Waals surface area contributed by atoms with Crippen LogP contribution in [0.5, 0.6) is 0 Å². The molecule has 2 aliphatic rings. The molecule has 9 heteroatoms. The van der Waals surface area contributed by atoms with E-state index in [-0.39, 0.29) is 11.9 Å². The molecule has 4 heterocycles. The first-order valence-electron chi connectivity index (χ1n) is 12.2. The van der Waals surface area contributed by atoms with Crippen molar-refractivity contribution in [3.8, 4) is 0 Å². The van der Waals surface area contributed by atoms with Crippen molar-refractivity contribution in [1.82, 2.24) is 34.9 Å². The van der Waals surface area contributed by atoms with E-state index in [1.165, 1.54) is 0 Å². The molecule has 33 heavy (non-hydrogen) atoms. The average molecular weight is 452 g/mol. The van der Waals surface area contributed by atoms with Crippen LogP contribution in [0.3, 0.4) is 0 Å². The van der Waals surface area contributed by atoms with Gasteiger partial charge in [0.15, 0.2) is 5.82 Å². The van der Waals surface area contributed by atoms with Gasteiger partial charge in [0, 0.05) is 51.2 Å². The predicted molar refractivity (Wildman–Crippen MR) is 125 cm³/mol. The summed E-state index contributed by atoms with van der Waals surface area (Å²) in [5.41, 5.74) is 0.875. The number of likely N-dealkylation sites (tertiary alicyclic amines) is 1. The number of rotatable bonds is 8. The molecule has 1 aromatic carbocycles. The van der Waals surface area contributed by atoms with E-state index in [1.807, 2.05) is 27.8 Å². The number of carbonyl (C=O) groups is 1. The third-order valence-electron chi connectivity index (χ3n) is 6.83. The highest BCUT2D eigenvalue weighted by molar-refractivity contribution is 5.78. The fourth-order valence-corrected chi connectivity index (χ4v) is 4.92. The Morgan fingerprint density at radius 3 is 2.64 bits per heavy atom. The van der Waals surface area contributed by atoms with Crippen molar-refractivity contribution in [3.63, 3.8) is 0 Å². The lowest BCUT2D eigenvalue weighted by atomic mass is 10.1. The van der Waals surface area contributed by atoms with E-state index >= 15 is 0 Å². The Morgan fingerprint density at radius 2 is 1.88 bits per heavy atom. The number of unbranched alkanes of at least 4 members (excludes halogenated alkanes) is 1. The lowest BCUT2D eigenvalue weighted by Crippen LogP contribution is -2.51. The van der Waals surface area contributed by atoms with Crippen LogP contribution in [0.2, 0.25) is 0 Å². The van der Waals surface area contributed by atoms with Crippen molar-refractivity contribution in [2.24, 2.45) is 0 Å². The van der Waals surface area contributed by atoms with Gasteiger partial charge in [-0.25, -0.2) is 4.68 Å². The van der Waals surface area contributed by atoms with Gasteiger partial charge in [0.25, 0.3) is 0 Å². The fourth-order valence-electron chi connectivity index (χ4n) is 4.92. The van der Waals surface area contributed by atoms with Gasteiger partial charge in [-0.2, -0.15) is 0 Å². The van der Waals surface area contributed by atoms with Crippen LogP contribution in [0, 0.1) is 0 Å². The van der Waals surface area contributed by atoms with E-state index < -0.39 is 0 Å². The standard InChI is InChI=1S/C24H33N7O2/c1-2-3-12-31-24(25-26-27-31)23(21-17-19-8-4-5-9-20(19)33-21)30-15-13-28(14-16-30)18-22(32)29-10-6-7-11-29/h4-5,8-9,17,23H,2-3,6-7,10-16,18H2,1H3. The van der Waals surface area contributed by atoms with Gasteiger partial charge in [0.1, 0.15) is 17.4 Å². The molecule has 2 aromatic heterocycles. The van der Waals surface area contributed by atoms with Gasteiger partial charge in [-0.3, -0.25) is 14.6 Å². The molecule has 0 aliphatic carbocycles. The van der Waals surface area contributed by atoms with Crippen LogP contribution in [-0.4, -0.2) is 86.6 Å². The normalized spacial score (nSPS) is 18.9. The minimum Gasteiger partial charge on any atom is -0.459 e. The number of amides is 1. The third-order valence-corrected chi connectivity index (χ3v) is 6.83. The van der Waals surface area contributed by atoms with Gasteiger partial charge in [0.2, 0.25) is 5.91 Å². The first-order chi connectivity index (χ1) is 16.2. The van der Waals surface area contributed by atoms with Crippen molar-refractivity contribution in [2.45, 2.75) is 45.2 Å². The summed E-state index contributed by atoms with van der Waals surface area (Å²) in [5.74, 6) is 1.95. The number of para-hydroxylation sites is 1. The number of aryl methyl sites for hydroxylation is 1. The Bertz CT molecular complexity index is 1030. The summed E-state index contributed by atoms with van der Waals surface area (Å²) in [6.07, 6.45) is 4.37. The molecule has 2 aliphatic heterocycles. The highest BCUT2D eigenvalue weighted by Gasteiger charge is 2.33. The first kappa shape index (κ1) is 22.0. The molecule has 2 fully saturated rings. The van der Waals surface area contributed by atoms with Gasteiger partial charge in [-0.05, 0) is 41.8 Å². The summed E-state index contributed by atoms with van der Waals surface area (Å²) in [5, 5.41) is 13.8. The number of piperazine rings is 1. The van der Waals surface area contributed by atoms with Crippen molar-refractivity contribution >= 4 is 16.9 Å². The molecule has 1 atom stereocenters. The van der Waals surface area contributed by atoms with Crippen LogP contribution in [0.4, 0.5) is 0 Å². The average Bonchev–Trinajstić information content (AvgIpc) is 3.60. The maximum absolute atomic E-state index is 12.6. The molecule has 2 saturated heterocycles. The molecule has 0 saturated carbocycles. The lowest BCUT2D eigenvalue weighted by molar-refractivity contribution is -0.131. The molecule has 0 spiro atoms. The summed E-state index contributed by atoms with van der Waals surface area (Å²) in [4.78, 5) is 19.3. The Kier molecular flexibility index (Phi) is 6.68. The summed E-state index contributed by atoms with van der Waals surface area (Å²) >= 11 is 0. The largest absolute Gasteiger partial charge is 0.459 e. The third kappa shape index (κ3) is 4.79. The number of furan rings is 1. The summed E-state index contributed by atoms with van der Waals surface area (Å²) < 4.78 is 8.22. The quantitative estimate of drug-likeness (QED) is 0.520. The topological polar surface area (TPSA) is 83.5 Å². The smallest absolute Gasteiger partial charge is 0.236 e. The van der Waals surface area contributed by atoms with Gasteiger partial charge in [-0.15, -0.1) is 5.10 Å². The SMILES string of the molecule is CCCCn1nnnc1C(c1cc2ccccc2o1)N1CCN(CC(=O)N2CCCC2)CC1. The van der Waals surface area contributed by atoms with Crippen molar-refractivity contribution in [3.05, 3.63) is 41.9 Å². The van der Waals surface area contributed by atoms with E-state index in [0.29, 0.717) is 6.54 Å². The molecular weight excluding hydrogens is 418 g/mol. The van der Waals surface area contributed by atoms with Crippen LogP contribution in [0.25, 0.3) is 11.0 Å². The maximum Gasteiger partial charge on any atom is 0.236 e. The van der Waals surface area contributed by atoms with Crippen LogP contribution in [0.15, 0.2) is 34.7 Å². The molecule has 5 rings (SSSR count). The highest BCUT2D eigenvalue weighted by Crippen LogP contribution is 2.32. The fraction of sp³-hybridized carbons (Fsp3) is 0.583. The summed E-state index contributed by atoms with van der Waals surface area (Å²) in [6.45, 7) is 8.63. The van der Waals surface area contributed by atoms with E-state index in [9.17, 15) is 4.79 Å². The van der Waals surface area contributed by atoms with Gasteiger partial charge in [0.05, 0.1) is 6.54 Å². The van der Waals surface area contributed by atoms with Crippen LogP contribution in [0.1, 0.15) is 50.2 Å². The zero-order valence-electron chi connectivity index (χ0n) is 19.4. The summed E-state index contributed by atoms with van der Waals surface area (Å²) in [6, 6.07) is 10.0. The second-order valence-corrected chi connectivity index (χ2v) is 9.10. The number of carbonyl (C=O) groups excluding carboxylic acids is 1.